The van der Waals surface area contributed by atoms with E-state index in [9.17, 15) is 4.79 Å². The summed E-state index contributed by atoms with van der Waals surface area (Å²) < 4.78 is 24.4. The predicted molar refractivity (Wildman–Crippen MR) is 141 cm³/mol. The summed E-state index contributed by atoms with van der Waals surface area (Å²) in [5.74, 6) is 0.813. The highest BCUT2D eigenvalue weighted by Crippen LogP contribution is 2.38. The number of allylic oxidation sites excluding steroid dienone is 1. The molecule has 0 aromatic heterocycles. The van der Waals surface area contributed by atoms with Crippen LogP contribution in [0.1, 0.15) is 46.1 Å². The van der Waals surface area contributed by atoms with E-state index in [4.69, 9.17) is 18.6 Å². The number of rotatable bonds is 12. The molecular weight excluding hydrogens is 444 g/mol. The molecule has 0 spiro atoms. The molecule has 34 heavy (non-hydrogen) atoms. The summed E-state index contributed by atoms with van der Waals surface area (Å²) in [5, 5.41) is 0.0545. The molecule has 0 aliphatic carbocycles. The molecule has 0 saturated heterocycles. The van der Waals surface area contributed by atoms with E-state index in [-0.39, 0.29) is 23.4 Å². The van der Waals surface area contributed by atoms with Crippen molar-refractivity contribution in [3.8, 4) is 5.75 Å². The molecule has 0 amide bonds. The van der Waals surface area contributed by atoms with E-state index in [0.717, 1.165) is 24.0 Å². The van der Waals surface area contributed by atoms with Gasteiger partial charge in [-0.3, -0.25) is 4.79 Å². The van der Waals surface area contributed by atoms with Crippen LogP contribution in [0.3, 0.4) is 0 Å². The van der Waals surface area contributed by atoms with Gasteiger partial charge in [-0.25, -0.2) is 0 Å². The SMILES string of the molecule is COc1ccc(COC(CC=CC=O)C(C=CC2CC(C)=CCO2)O[Si](C)(C)C(C)(C)C)cc1. The van der Waals surface area contributed by atoms with Gasteiger partial charge < -0.3 is 18.6 Å². The molecule has 3 atom stereocenters. The second-order valence-electron chi connectivity index (χ2n) is 10.4. The Morgan fingerprint density at radius 3 is 2.50 bits per heavy atom. The van der Waals surface area contributed by atoms with Crippen LogP contribution in [0.15, 0.2) is 60.2 Å². The number of carbonyl (C=O) groups excluding carboxylic acids is 1. The zero-order valence-electron chi connectivity index (χ0n) is 21.9. The van der Waals surface area contributed by atoms with Crippen molar-refractivity contribution in [3.63, 3.8) is 0 Å². The fraction of sp³-hybridized carbons (Fsp3) is 0.536. The van der Waals surface area contributed by atoms with Gasteiger partial charge in [-0.15, -0.1) is 0 Å². The Morgan fingerprint density at radius 2 is 1.91 bits per heavy atom. The fourth-order valence-corrected chi connectivity index (χ4v) is 4.64. The van der Waals surface area contributed by atoms with Gasteiger partial charge in [-0.2, -0.15) is 0 Å². The van der Waals surface area contributed by atoms with Gasteiger partial charge in [0, 0.05) is 0 Å². The largest absolute Gasteiger partial charge is 0.497 e. The van der Waals surface area contributed by atoms with Crippen LogP contribution in [0, 0.1) is 0 Å². The van der Waals surface area contributed by atoms with Crippen molar-refractivity contribution in [2.24, 2.45) is 0 Å². The van der Waals surface area contributed by atoms with Crippen molar-refractivity contribution in [2.75, 3.05) is 13.7 Å². The first-order valence-corrected chi connectivity index (χ1v) is 14.9. The van der Waals surface area contributed by atoms with Gasteiger partial charge in [-0.05, 0) is 61.7 Å². The summed E-state index contributed by atoms with van der Waals surface area (Å²) in [4.78, 5) is 10.9. The first-order chi connectivity index (χ1) is 16.1. The van der Waals surface area contributed by atoms with Crippen LogP contribution in [0.4, 0.5) is 0 Å². The van der Waals surface area contributed by atoms with Crippen LogP contribution in [-0.2, 0) is 25.3 Å². The average molecular weight is 487 g/mol. The summed E-state index contributed by atoms with van der Waals surface area (Å²) in [6.45, 7) is 14.4. The van der Waals surface area contributed by atoms with Crippen LogP contribution < -0.4 is 4.74 Å². The Morgan fingerprint density at radius 1 is 1.21 bits per heavy atom. The second kappa shape index (κ2) is 13.2. The van der Waals surface area contributed by atoms with Crippen molar-refractivity contribution in [1.82, 2.24) is 0 Å². The van der Waals surface area contributed by atoms with Gasteiger partial charge in [0.2, 0.25) is 0 Å². The molecule has 188 valence electrons. The maximum Gasteiger partial charge on any atom is 0.193 e. The van der Waals surface area contributed by atoms with E-state index < -0.39 is 8.32 Å². The van der Waals surface area contributed by atoms with Gasteiger partial charge in [-0.1, -0.05) is 62.8 Å². The molecule has 1 aromatic rings. The Labute approximate surface area is 207 Å². The highest BCUT2D eigenvalue weighted by atomic mass is 28.4. The Bertz CT molecular complexity index is 849. The first kappa shape index (κ1) is 28.2. The van der Waals surface area contributed by atoms with Gasteiger partial charge in [0.05, 0.1) is 38.6 Å². The maximum atomic E-state index is 10.9. The van der Waals surface area contributed by atoms with Crippen molar-refractivity contribution in [3.05, 3.63) is 65.8 Å². The molecule has 6 heteroatoms. The summed E-state index contributed by atoms with van der Waals surface area (Å²) in [7, 11) is -0.437. The number of aldehydes is 1. The second-order valence-corrected chi connectivity index (χ2v) is 15.1. The molecule has 5 nitrogen and oxygen atoms in total. The quantitative estimate of drug-likeness (QED) is 0.148. The minimum atomic E-state index is -2.09. The molecule has 3 unspecified atom stereocenters. The normalized spacial score (nSPS) is 19.3. The lowest BCUT2D eigenvalue weighted by Crippen LogP contribution is -2.47. The molecule has 1 aliphatic heterocycles. The van der Waals surface area contributed by atoms with Crippen LogP contribution in [0.25, 0.3) is 0 Å². The fourth-order valence-electron chi connectivity index (χ4n) is 3.38. The van der Waals surface area contributed by atoms with Crippen LogP contribution in [0.2, 0.25) is 18.1 Å². The minimum Gasteiger partial charge on any atom is -0.497 e. The third-order valence-electron chi connectivity index (χ3n) is 6.59. The molecule has 1 aliphatic rings. The molecule has 0 radical (unpaired) electrons. The molecule has 0 saturated carbocycles. The zero-order chi connectivity index (χ0) is 25.2. The number of benzene rings is 1. The predicted octanol–water partition coefficient (Wildman–Crippen LogP) is 6.41. The lowest BCUT2D eigenvalue weighted by atomic mass is 10.0. The van der Waals surface area contributed by atoms with Gasteiger partial charge in [0.15, 0.2) is 8.32 Å². The van der Waals surface area contributed by atoms with E-state index in [1.165, 1.54) is 11.6 Å². The average Bonchev–Trinajstić information content (AvgIpc) is 2.78. The van der Waals surface area contributed by atoms with Crippen molar-refractivity contribution < 1.29 is 23.4 Å². The van der Waals surface area contributed by atoms with Crippen molar-refractivity contribution in [2.45, 2.75) is 83.6 Å². The van der Waals surface area contributed by atoms with E-state index in [0.29, 0.717) is 19.6 Å². The Hall–Kier alpha value is -1.99. The van der Waals surface area contributed by atoms with E-state index in [1.807, 2.05) is 30.3 Å². The lowest BCUT2D eigenvalue weighted by molar-refractivity contribution is -0.104. The Balaban J connectivity index is 2.27. The van der Waals surface area contributed by atoms with Gasteiger partial charge in [0.1, 0.15) is 12.0 Å². The molecule has 1 heterocycles. The summed E-state index contributed by atoms with van der Waals surface area (Å²) >= 11 is 0. The molecule has 1 aromatic carbocycles. The first-order valence-electron chi connectivity index (χ1n) is 12.0. The third kappa shape index (κ3) is 8.99. The Kier molecular flexibility index (Phi) is 11.0. The third-order valence-corrected chi connectivity index (χ3v) is 11.1. The van der Waals surface area contributed by atoms with Crippen LogP contribution >= 0.6 is 0 Å². The van der Waals surface area contributed by atoms with Crippen LogP contribution in [0.5, 0.6) is 5.75 Å². The maximum absolute atomic E-state index is 10.9. The monoisotopic (exact) mass is 486 g/mol. The number of methoxy groups -OCH3 is 1. The molecule has 0 N–H and O–H groups in total. The highest BCUT2D eigenvalue weighted by Gasteiger charge is 2.40. The van der Waals surface area contributed by atoms with E-state index in [1.54, 1.807) is 7.11 Å². The van der Waals surface area contributed by atoms with Gasteiger partial charge in [0.25, 0.3) is 0 Å². The molecule has 0 fully saturated rings. The molecule has 0 bridgehead atoms. The summed E-state index contributed by atoms with van der Waals surface area (Å²) in [5.41, 5.74) is 2.39. The summed E-state index contributed by atoms with van der Waals surface area (Å²) in [6.07, 6.45) is 11.5. The number of hydrogen-bond acceptors (Lipinski definition) is 5. The van der Waals surface area contributed by atoms with Crippen molar-refractivity contribution in [1.29, 1.82) is 0 Å². The summed E-state index contributed by atoms with van der Waals surface area (Å²) in [6, 6.07) is 7.86. The van der Waals surface area contributed by atoms with Gasteiger partial charge >= 0.3 is 0 Å². The van der Waals surface area contributed by atoms with Crippen LogP contribution in [-0.4, -0.2) is 46.6 Å². The standard InChI is InChI=1S/C28H42O5Si/c1-22-17-19-31-25(20-22)15-16-27(33-34(6,7)28(2,3)4)26(10-8-9-18-29)32-21-23-11-13-24(30-5)14-12-23/h8-9,11-18,25-27H,10,19-21H2,1-7H3. The van der Waals surface area contributed by atoms with E-state index >= 15 is 0 Å². The number of carbonyl (C=O) groups is 1. The highest BCUT2D eigenvalue weighted by molar-refractivity contribution is 6.74. The van der Waals surface area contributed by atoms with E-state index in [2.05, 4.69) is 59.0 Å². The smallest absolute Gasteiger partial charge is 0.193 e. The molecular formula is C28H42O5Si. The lowest BCUT2D eigenvalue weighted by Gasteiger charge is -2.40. The topological polar surface area (TPSA) is 54.0 Å². The van der Waals surface area contributed by atoms with Crippen molar-refractivity contribution >= 4 is 14.6 Å². The molecule has 2 rings (SSSR count). The number of hydrogen-bond donors (Lipinski definition) is 0. The minimum absolute atomic E-state index is 0.0308. The zero-order valence-corrected chi connectivity index (χ0v) is 22.9. The number of ether oxygens (including phenoxy) is 3.